The highest BCUT2D eigenvalue weighted by Gasteiger charge is 1.95. The summed E-state index contributed by atoms with van der Waals surface area (Å²) in [5, 5.41) is 2.68. The van der Waals surface area contributed by atoms with Crippen LogP contribution in [0, 0.1) is 0 Å². The molecule has 1 amide bonds. The molecule has 0 aliphatic carbocycles. The SMILES string of the molecule is Br.NCC(=O)NCc1ccccc1. The van der Waals surface area contributed by atoms with E-state index < -0.39 is 0 Å². The van der Waals surface area contributed by atoms with Crippen molar-refractivity contribution in [2.45, 2.75) is 6.54 Å². The smallest absolute Gasteiger partial charge is 0.234 e. The van der Waals surface area contributed by atoms with Gasteiger partial charge in [0.2, 0.25) is 5.91 Å². The number of rotatable bonds is 3. The van der Waals surface area contributed by atoms with Crippen molar-refractivity contribution in [3.8, 4) is 0 Å². The lowest BCUT2D eigenvalue weighted by molar-refractivity contribution is -0.119. The molecular formula is C9H13BrN2O. The molecule has 0 unspecified atom stereocenters. The summed E-state index contributed by atoms with van der Waals surface area (Å²) in [5.74, 6) is -0.126. The van der Waals surface area contributed by atoms with Crippen molar-refractivity contribution in [3.05, 3.63) is 35.9 Å². The number of halogens is 1. The van der Waals surface area contributed by atoms with Crippen LogP contribution in [-0.4, -0.2) is 12.5 Å². The lowest BCUT2D eigenvalue weighted by atomic mass is 10.2. The molecule has 0 spiro atoms. The summed E-state index contributed by atoms with van der Waals surface area (Å²) in [6.45, 7) is 0.601. The van der Waals surface area contributed by atoms with Crippen LogP contribution in [-0.2, 0) is 11.3 Å². The number of nitrogens with two attached hydrogens (primary N) is 1. The van der Waals surface area contributed by atoms with Gasteiger partial charge in [-0.2, -0.15) is 0 Å². The minimum Gasteiger partial charge on any atom is -0.351 e. The van der Waals surface area contributed by atoms with Gasteiger partial charge in [-0.3, -0.25) is 4.79 Å². The van der Waals surface area contributed by atoms with Crippen LogP contribution in [0.4, 0.5) is 0 Å². The predicted octanol–water partition coefficient (Wildman–Crippen LogP) is 0.839. The molecule has 0 bridgehead atoms. The summed E-state index contributed by atoms with van der Waals surface area (Å²) < 4.78 is 0. The average molecular weight is 245 g/mol. The molecule has 3 N–H and O–H groups in total. The summed E-state index contributed by atoms with van der Waals surface area (Å²) in [6, 6.07) is 9.72. The quantitative estimate of drug-likeness (QED) is 0.829. The van der Waals surface area contributed by atoms with E-state index in [9.17, 15) is 4.79 Å². The van der Waals surface area contributed by atoms with Crippen LogP contribution in [0.2, 0.25) is 0 Å². The maximum atomic E-state index is 10.7. The fourth-order valence-corrected chi connectivity index (χ4v) is 0.869. The molecule has 1 aromatic rings. The summed E-state index contributed by atoms with van der Waals surface area (Å²) >= 11 is 0. The van der Waals surface area contributed by atoms with Crippen molar-refractivity contribution in [1.29, 1.82) is 0 Å². The Morgan fingerprint density at radius 2 is 1.92 bits per heavy atom. The lowest BCUT2D eigenvalue weighted by Gasteiger charge is -2.02. The molecule has 0 aromatic heterocycles. The first-order chi connectivity index (χ1) is 5.83. The van der Waals surface area contributed by atoms with Gasteiger partial charge < -0.3 is 11.1 Å². The van der Waals surface area contributed by atoms with Gasteiger partial charge >= 0.3 is 0 Å². The first-order valence-corrected chi connectivity index (χ1v) is 3.83. The molecule has 0 radical (unpaired) electrons. The van der Waals surface area contributed by atoms with E-state index in [-0.39, 0.29) is 29.4 Å². The number of carbonyl (C=O) groups excluding carboxylic acids is 1. The summed E-state index contributed by atoms with van der Waals surface area (Å²) in [4.78, 5) is 10.7. The molecule has 0 aliphatic heterocycles. The van der Waals surface area contributed by atoms with Gasteiger partial charge in [0.05, 0.1) is 6.54 Å². The molecule has 1 aromatic carbocycles. The second-order valence-corrected chi connectivity index (χ2v) is 2.47. The van der Waals surface area contributed by atoms with Crippen molar-refractivity contribution in [1.82, 2.24) is 5.32 Å². The van der Waals surface area contributed by atoms with Crippen LogP contribution in [0.5, 0.6) is 0 Å². The van der Waals surface area contributed by atoms with Crippen LogP contribution >= 0.6 is 17.0 Å². The van der Waals surface area contributed by atoms with Crippen LogP contribution in [0.1, 0.15) is 5.56 Å². The Hall–Kier alpha value is -0.870. The van der Waals surface area contributed by atoms with Crippen LogP contribution in [0.15, 0.2) is 30.3 Å². The molecule has 0 saturated carbocycles. The van der Waals surface area contributed by atoms with Gasteiger partial charge in [0.1, 0.15) is 0 Å². The average Bonchev–Trinajstić information content (AvgIpc) is 2.16. The monoisotopic (exact) mass is 244 g/mol. The highest BCUT2D eigenvalue weighted by molar-refractivity contribution is 8.93. The number of benzene rings is 1. The van der Waals surface area contributed by atoms with Crippen molar-refractivity contribution in [2.24, 2.45) is 5.73 Å². The van der Waals surface area contributed by atoms with Gasteiger partial charge in [0, 0.05) is 6.54 Å². The molecule has 72 valence electrons. The molecule has 0 saturated heterocycles. The van der Waals surface area contributed by atoms with Crippen LogP contribution < -0.4 is 11.1 Å². The Bertz CT molecular complexity index is 251. The van der Waals surface area contributed by atoms with Gasteiger partial charge in [0.15, 0.2) is 0 Å². The standard InChI is InChI=1S/C9H12N2O.BrH/c10-6-9(12)11-7-8-4-2-1-3-5-8;/h1-5H,6-7,10H2,(H,11,12);1H. The number of hydrogen-bond donors (Lipinski definition) is 2. The largest absolute Gasteiger partial charge is 0.351 e. The van der Waals surface area contributed by atoms with Crippen LogP contribution in [0.3, 0.4) is 0 Å². The maximum Gasteiger partial charge on any atom is 0.234 e. The third kappa shape index (κ3) is 4.65. The van der Waals surface area contributed by atoms with Crippen molar-refractivity contribution in [3.63, 3.8) is 0 Å². The molecule has 0 heterocycles. The van der Waals surface area contributed by atoms with Crippen LogP contribution in [0.25, 0.3) is 0 Å². The van der Waals surface area contributed by atoms with Crippen molar-refractivity contribution in [2.75, 3.05) is 6.54 Å². The summed E-state index contributed by atoms with van der Waals surface area (Å²) in [7, 11) is 0. The number of nitrogens with one attached hydrogen (secondary N) is 1. The number of carbonyl (C=O) groups is 1. The second kappa shape index (κ2) is 6.62. The molecule has 0 atom stereocenters. The maximum absolute atomic E-state index is 10.7. The Kier molecular flexibility index (Phi) is 6.18. The fourth-order valence-electron chi connectivity index (χ4n) is 0.869. The molecule has 3 nitrogen and oxygen atoms in total. The van der Waals surface area contributed by atoms with E-state index in [2.05, 4.69) is 5.32 Å². The van der Waals surface area contributed by atoms with Gasteiger partial charge in [-0.1, -0.05) is 30.3 Å². The molecular weight excluding hydrogens is 232 g/mol. The third-order valence-electron chi connectivity index (χ3n) is 1.52. The van der Waals surface area contributed by atoms with E-state index in [4.69, 9.17) is 5.73 Å². The Labute approximate surface area is 88.1 Å². The molecule has 13 heavy (non-hydrogen) atoms. The summed E-state index contributed by atoms with van der Waals surface area (Å²) in [5.41, 5.74) is 6.21. The first-order valence-electron chi connectivity index (χ1n) is 3.83. The first kappa shape index (κ1) is 12.1. The van der Waals surface area contributed by atoms with Crippen molar-refractivity contribution >= 4 is 22.9 Å². The minimum absolute atomic E-state index is 0. The zero-order valence-electron chi connectivity index (χ0n) is 7.19. The molecule has 0 fully saturated rings. The molecule has 1 rings (SSSR count). The van der Waals surface area contributed by atoms with E-state index in [0.717, 1.165) is 5.56 Å². The topological polar surface area (TPSA) is 55.1 Å². The Balaban J connectivity index is 0.00000144. The van der Waals surface area contributed by atoms with Crippen molar-refractivity contribution < 1.29 is 4.79 Å². The zero-order chi connectivity index (χ0) is 8.81. The van der Waals surface area contributed by atoms with Gasteiger partial charge in [-0.15, -0.1) is 17.0 Å². The zero-order valence-corrected chi connectivity index (χ0v) is 8.91. The predicted molar refractivity (Wildman–Crippen MR) is 57.7 cm³/mol. The number of amides is 1. The third-order valence-corrected chi connectivity index (χ3v) is 1.52. The van der Waals surface area contributed by atoms with Gasteiger partial charge in [-0.05, 0) is 5.56 Å². The lowest BCUT2D eigenvalue weighted by Crippen LogP contribution is -2.29. The number of hydrogen-bond acceptors (Lipinski definition) is 2. The highest BCUT2D eigenvalue weighted by atomic mass is 79.9. The van der Waals surface area contributed by atoms with E-state index in [0.29, 0.717) is 6.54 Å². The summed E-state index contributed by atoms with van der Waals surface area (Å²) in [6.07, 6.45) is 0. The van der Waals surface area contributed by atoms with E-state index >= 15 is 0 Å². The Morgan fingerprint density at radius 1 is 1.31 bits per heavy atom. The Morgan fingerprint density at radius 3 is 2.46 bits per heavy atom. The van der Waals surface area contributed by atoms with E-state index in [1.165, 1.54) is 0 Å². The van der Waals surface area contributed by atoms with E-state index in [1.807, 2.05) is 30.3 Å². The van der Waals surface area contributed by atoms with E-state index in [1.54, 1.807) is 0 Å². The normalized spacial score (nSPS) is 8.69. The minimum atomic E-state index is -0.126. The second-order valence-electron chi connectivity index (χ2n) is 2.47. The molecule has 0 aliphatic rings. The molecule has 4 heteroatoms. The van der Waals surface area contributed by atoms with Gasteiger partial charge in [-0.25, -0.2) is 0 Å². The fraction of sp³-hybridized carbons (Fsp3) is 0.222. The highest BCUT2D eigenvalue weighted by Crippen LogP contribution is 1.96. The van der Waals surface area contributed by atoms with Gasteiger partial charge in [0.25, 0.3) is 0 Å².